The number of benzene rings is 1. The summed E-state index contributed by atoms with van der Waals surface area (Å²) < 4.78 is 0. The van der Waals surface area contributed by atoms with Crippen LogP contribution in [0.1, 0.15) is 64.4 Å². The molecule has 1 saturated carbocycles. The number of amides is 2. The van der Waals surface area contributed by atoms with Crippen molar-refractivity contribution in [1.82, 2.24) is 4.90 Å². The number of hydrogen-bond donors (Lipinski definition) is 0. The van der Waals surface area contributed by atoms with Gasteiger partial charge in [-0.3, -0.25) is 14.5 Å². The molecular formula is C21H27NO2S. The van der Waals surface area contributed by atoms with E-state index in [0.29, 0.717) is 10.5 Å². The van der Waals surface area contributed by atoms with Gasteiger partial charge in [0.1, 0.15) is 0 Å². The molecule has 0 aromatic heterocycles. The summed E-state index contributed by atoms with van der Waals surface area (Å²) in [5, 5.41) is 0.266. The Hall–Kier alpha value is -1.55. The van der Waals surface area contributed by atoms with E-state index in [1.807, 2.05) is 30.3 Å². The van der Waals surface area contributed by atoms with Gasteiger partial charge in [0.15, 0.2) is 0 Å². The Labute approximate surface area is 154 Å². The van der Waals surface area contributed by atoms with Crippen LogP contribution in [0.4, 0.5) is 0 Å². The lowest BCUT2D eigenvalue weighted by atomic mass is 9.95. The van der Waals surface area contributed by atoms with Gasteiger partial charge in [0, 0.05) is 11.3 Å². The Balaban J connectivity index is 1.94. The van der Waals surface area contributed by atoms with Crippen molar-refractivity contribution >= 4 is 29.1 Å². The largest absolute Gasteiger partial charge is 0.271 e. The zero-order valence-electron chi connectivity index (χ0n) is 15.2. The third kappa shape index (κ3) is 4.00. The van der Waals surface area contributed by atoms with Gasteiger partial charge in [-0.05, 0) is 18.4 Å². The summed E-state index contributed by atoms with van der Waals surface area (Å²) in [6, 6.07) is 9.72. The van der Waals surface area contributed by atoms with Crippen LogP contribution >= 0.6 is 11.8 Å². The number of carbonyl (C=O) groups is 2. The van der Waals surface area contributed by atoms with Crippen LogP contribution in [0.25, 0.3) is 5.57 Å². The van der Waals surface area contributed by atoms with Crippen LogP contribution < -0.4 is 0 Å². The number of nitrogens with zero attached hydrogens (tertiary/aromatic N) is 1. The molecule has 1 heterocycles. The van der Waals surface area contributed by atoms with E-state index in [1.165, 1.54) is 31.0 Å². The molecule has 0 radical (unpaired) electrons. The van der Waals surface area contributed by atoms with Gasteiger partial charge in [-0.2, -0.15) is 0 Å². The van der Waals surface area contributed by atoms with Gasteiger partial charge < -0.3 is 0 Å². The van der Waals surface area contributed by atoms with Crippen LogP contribution in [0.5, 0.6) is 0 Å². The monoisotopic (exact) mass is 357 g/mol. The fraction of sp³-hybridized carbons (Fsp3) is 0.524. The smallest absolute Gasteiger partial charge is 0.268 e. The number of imide groups is 1. The summed E-state index contributed by atoms with van der Waals surface area (Å²) in [7, 11) is 0. The topological polar surface area (TPSA) is 37.4 Å². The lowest BCUT2D eigenvalue weighted by Gasteiger charge is -2.28. The van der Waals surface area contributed by atoms with Crippen LogP contribution in [-0.4, -0.2) is 28.0 Å². The molecule has 3 rings (SSSR count). The molecule has 0 spiro atoms. The summed E-state index contributed by atoms with van der Waals surface area (Å²) in [5.41, 5.74) is 1.46. The molecule has 1 aromatic rings. The van der Waals surface area contributed by atoms with Crippen molar-refractivity contribution in [3.8, 4) is 0 Å². The third-order valence-electron chi connectivity index (χ3n) is 4.93. The predicted octanol–water partition coefficient (Wildman–Crippen LogP) is 5.02. The fourth-order valence-electron chi connectivity index (χ4n) is 3.75. The van der Waals surface area contributed by atoms with Crippen LogP contribution in [0.15, 0.2) is 35.2 Å². The first kappa shape index (κ1) is 18.2. The minimum atomic E-state index is -0.0927. The van der Waals surface area contributed by atoms with E-state index in [9.17, 15) is 9.59 Å². The van der Waals surface area contributed by atoms with E-state index in [1.54, 1.807) is 4.90 Å². The van der Waals surface area contributed by atoms with E-state index in [2.05, 4.69) is 13.8 Å². The highest BCUT2D eigenvalue weighted by Gasteiger charge is 2.42. The maximum Gasteiger partial charge on any atom is 0.268 e. The molecule has 3 nitrogen and oxygen atoms in total. The average molecular weight is 358 g/mol. The molecule has 0 N–H and O–H groups in total. The molecule has 0 unspecified atom stereocenters. The van der Waals surface area contributed by atoms with Crippen molar-refractivity contribution in [2.45, 2.75) is 70.1 Å². The lowest BCUT2D eigenvalue weighted by Crippen LogP contribution is -2.41. The summed E-state index contributed by atoms with van der Waals surface area (Å²) >= 11 is 1.52. The van der Waals surface area contributed by atoms with E-state index < -0.39 is 0 Å². The highest BCUT2D eigenvalue weighted by Crippen LogP contribution is 2.40. The minimum absolute atomic E-state index is 0.0595. The molecule has 25 heavy (non-hydrogen) atoms. The van der Waals surface area contributed by atoms with Crippen molar-refractivity contribution in [3.05, 3.63) is 40.8 Å². The summed E-state index contributed by atoms with van der Waals surface area (Å²) in [6.07, 6.45) is 7.79. The lowest BCUT2D eigenvalue weighted by molar-refractivity contribution is -0.139. The fourth-order valence-corrected chi connectivity index (χ4v) is 4.75. The molecule has 1 aliphatic carbocycles. The maximum absolute atomic E-state index is 13.2. The number of rotatable bonds is 4. The molecule has 1 aromatic carbocycles. The van der Waals surface area contributed by atoms with Gasteiger partial charge in [0.25, 0.3) is 11.8 Å². The first-order valence-electron chi connectivity index (χ1n) is 9.44. The van der Waals surface area contributed by atoms with Crippen molar-refractivity contribution in [2.75, 3.05) is 0 Å². The normalized spacial score (nSPS) is 20.4. The molecule has 134 valence electrons. The quantitative estimate of drug-likeness (QED) is 0.710. The Kier molecular flexibility index (Phi) is 6.00. The number of carbonyl (C=O) groups excluding carboxylic acids is 2. The first-order valence-corrected chi connectivity index (χ1v) is 10.3. The Morgan fingerprint density at radius 3 is 2.12 bits per heavy atom. The molecule has 0 atom stereocenters. The van der Waals surface area contributed by atoms with E-state index >= 15 is 0 Å². The highest BCUT2D eigenvalue weighted by molar-refractivity contribution is 8.04. The highest BCUT2D eigenvalue weighted by atomic mass is 32.2. The third-order valence-corrected chi connectivity index (χ3v) is 6.01. The van der Waals surface area contributed by atoms with E-state index in [4.69, 9.17) is 0 Å². The SMILES string of the molecule is CC(C)SC1=C(c2ccccc2)C(=O)N(C2CCCCCCC2)C1=O. The van der Waals surface area contributed by atoms with E-state index in [-0.39, 0.29) is 23.1 Å². The standard InChI is InChI=1S/C21H27NO2S/c1-15(2)25-19-18(16-11-7-6-8-12-16)20(23)22(21(19)24)17-13-9-4-3-5-10-14-17/h6-8,11-12,15,17H,3-5,9-10,13-14H2,1-2H3. The van der Waals surface area contributed by atoms with Crippen molar-refractivity contribution < 1.29 is 9.59 Å². The molecule has 2 amide bonds. The van der Waals surface area contributed by atoms with Gasteiger partial charge in [0.05, 0.1) is 10.5 Å². The zero-order valence-corrected chi connectivity index (χ0v) is 16.0. The zero-order chi connectivity index (χ0) is 17.8. The van der Waals surface area contributed by atoms with E-state index in [0.717, 1.165) is 31.2 Å². The second kappa shape index (κ2) is 8.22. The van der Waals surface area contributed by atoms with Crippen LogP contribution in [0.2, 0.25) is 0 Å². The van der Waals surface area contributed by atoms with Gasteiger partial charge >= 0.3 is 0 Å². The molecular weight excluding hydrogens is 330 g/mol. The Bertz CT molecular complexity index is 658. The summed E-state index contributed by atoms with van der Waals surface area (Å²) in [4.78, 5) is 28.6. The predicted molar refractivity (Wildman–Crippen MR) is 104 cm³/mol. The van der Waals surface area contributed by atoms with Crippen LogP contribution in [0, 0.1) is 0 Å². The summed E-state index contributed by atoms with van der Waals surface area (Å²) in [5.74, 6) is -0.168. The first-order chi connectivity index (χ1) is 12.1. The second-order valence-electron chi connectivity index (χ2n) is 7.22. The maximum atomic E-state index is 13.2. The van der Waals surface area contributed by atoms with Gasteiger partial charge in [-0.1, -0.05) is 76.3 Å². The Morgan fingerprint density at radius 2 is 1.52 bits per heavy atom. The molecule has 1 fully saturated rings. The van der Waals surface area contributed by atoms with Crippen LogP contribution in [-0.2, 0) is 9.59 Å². The molecule has 1 aliphatic heterocycles. The van der Waals surface area contributed by atoms with Gasteiger partial charge in [0.2, 0.25) is 0 Å². The van der Waals surface area contributed by atoms with Gasteiger partial charge in [-0.25, -0.2) is 0 Å². The van der Waals surface area contributed by atoms with Gasteiger partial charge in [-0.15, -0.1) is 11.8 Å². The van der Waals surface area contributed by atoms with Crippen molar-refractivity contribution in [3.63, 3.8) is 0 Å². The molecule has 0 bridgehead atoms. The van der Waals surface area contributed by atoms with Crippen LogP contribution in [0.3, 0.4) is 0 Å². The Morgan fingerprint density at radius 1 is 0.920 bits per heavy atom. The van der Waals surface area contributed by atoms with Crippen molar-refractivity contribution in [1.29, 1.82) is 0 Å². The number of hydrogen-bond acceptors (Lipinski definition) is 3. The average Bonchev–Trinajstić information content (AvgIpc) is 2.79. The molecule has 4 heteroatoms. The minimum Gasteiger partial charge on any atom is -0.271 e. The van der Waals surface area contributed by atoms with Crippen molar-refractivity contribution in [2.24, 2.45) is 0 Å². The number of thioether (sulfide) groups is 1. The molecule has 0 saturated heterocycles. The second-order valence-corrected chi connectivity index (χ2v) is 8.80. The molecule has 2 aliphatic rings. The summed E-state index contributed by atoms with van der Waals surface area (Å²) in [6.45, 7) is 4.13.